The average molecular weight is 327 g/mol. The first-order valence-electron chi connectivity index (χ1n) is 6.00. The van der Waals surface area contributed by atoms with Crippen LogP contribution < -0.4 is 5.73 Å². The molecule has 1 atom stereocenters. The number of hydrogen-bond acceptors (Lipinski definition) is 4. The first-order valence-corrected chi connectivity index (χ1v) is 9.21. The lowest BCUT2D eigenvalue weighted by Gasteiger charge is -2.07. The Balaban J connectivity index is 2.23. The number of rotatable bonds is 4. The summed E-state index contributed by atoms with van der Waals surface area (Å²) >= 11 is 0. The Morgan fingerprint density at radius 1 is 1.14 bits per heavy atom. The fourth-order valence-corrected chi connectivity index (χ4v) is 3.53. The summed E-state index contributed by atoms with van der Waals surface area (Å²) in [7, 11) is -4.71. The molecule has 0 saturated heterocycles. The molecular weight excluding hydrogens is 313 g/mol. The van der Waals surface area contributed by atoms with Crippen molar-refractivity contribution in [3.63, 3.8) is 0 Å². The van der Waals surface area contributed by atoms with Gasteiger partial charge in [0.05, 0.1) is 21.4 Å². The molecule has 2 rings (SSSR count). The molecule has 0 aliphatic carbocycles. The number of nitrogens with two attached hydrogens (primary N) is 1. The van der Waals surface area contributed by atoms with Crippen LogP contribution in [0, 0.1) is 5.82 Å². The highest BCUT2D eigenvalue weighted by Crippen LogP contribution is 2.20. The van der Waals surface area contributed by atoms with Crippen LogP contribution in [-0.4, -0.2) is 18.9 Å². The van der Waals surface area contributed by atoms with Crippen LogP contribution in [0.2, 0.25) is 0 Å². The number of halogens is 1. The molecule has 0 aliphatic rings. The summed E-state index contributed by atoms with van der Waals surface area (Å²) < 4.78 is 48.1. The Labute approximate surface area is 125 Å². The Morgan fingerprint density at radius 3 is 2.33 bits per heavy atom. The van der Waals surface area contributed by atoms with Gasteiger partial charge in [0.15, 0.2) is 9.84 Å². The van der Waals surface area contributed by atoms with Gasteiger partial charge in [-0.1, -0.05) is 0 Å². The van der Waals surface area contributed by atoms with E-state index in [1.54, 1.807) is 0 Å². The van der Waals surface area contributed by atoms with Gasteiger partial charge in [0.2, 0.25) is 0 Å². The molecule has 2 aromatic carbocycles. The van der Waals surface area contributed by atoms with Crippen molar-refractivity contribution in [3.8, 4) is 0 Å². The molecule has 7 heteroatoms. The Hall–Kier alpha value is -1.73. The predicted octanol–water partition coefficient (Wildman–Crippen LogP) is 2.12. The third-order valence-electron chi connectivity index (χ3n) is 2.91. The van der Waals surface area contributed by atoms with Gasteiger partial charge in [-0.2, -0.15) is 0 Å². The molecule has 0 fully saturated rings. The SMILES string of the molecule is CS(=O)(=O)c1ccc(S(=O)Cc2cc(F)ccc2N)cc1. The Bertz CT molecular complexity index is 786. The monoisotopic (exact) mass is 327 g/mol. The molecule has 0 aliphatic heterocycles. The highest BCUT2D eigenvalue weighted by Gasteiger charge is 2.11. The molecule has 0 bridgehead atoms. The number of hydrogen-bond donors (Lipinski definition) is 1. The van der Waals surface area contributed by atoms with E-state index in [1.807, 2.05) is 0 Å². The van der Waals surface area contributed by atoms with Crippen LogP contribution in [0.4, 0.5) is 10.1 Å². The lowest BCUT2D eigenvalue weighted by molar-refractivity contribution is 0.601. The summed E-state index contributed by atoms with van der Waals surface area (Å²) in [6, 6.07) is 9.69. The standard InChI is InChI=1S/C14H14FNO3S2/c1-21(18,19)13-5-3-12(4-6-13)20(17)9-10-8-11(15)2-7-14(10)16/h2-8H,9,16H2,1H3. The molecule has 0 saturated carbocycles. The number of benzene rings is 2. The Morgan fingerprint density at radius 2 is 1.76 bits per heavy atom. The van der Waals surface area contributed by atoms with Gasteiger partial charge in [0.25, 0.3) is 0 Å². The van der Waals surface area contributed by atoms with Crippen LogP contribution in [0.25, 0.3) is 0 Å². The summed E-state index contributed by atoms with van der Waals surface area (Å²) in [5.74, 6) is -0.370. The summed E-state index contributed by atoms with van der Waals surface area (Å²) in [5, 5.41) is 0. The van der Waals surface area contributed by atoms with Gasteiger partial charge >= 0.3 is 0 Å². The van der Waals surface area contributed by atoms with E-state index in [0.29, 0.717) is 16.1 Å². The van der Waals surface area contributed by atoms with Crippen molar-refractivity contribution in [3.05, 3.63) is 53.8 Å². The molecule has 2 N–H and O–H groups in total. The zero-order chi connectivity index (χ0) is 15.6. The van der Waals surface area contributed by atoms with Crippen molar-refractivity contribution in [1.82, 2.24) is 0 Å². The minimum Gasteiger partial charge on any atom is -0.398 e. The number of nitrogen functional groups attached to an aromatic ring is 1. The molecule has 0 spiro atoms. The zero-order valence-electron chi connectivity index (χ0n) is 11.2. The van der Waals surface area contributed by atoms with Crippen LogP contribution in [0.3, 0.4) is 0 Å². The van der Waals surface area contributed by atoms with Crippen molar-refractivity contribution in [2.45, 2.75) is 15.5 Å². The maximum atomic E-state index is 13.2. The minimum absolute atomic E-state index is 0.0712. The molecule has 2 aromatic rings. The number of anilines is 1. The summed E-state index contributed by atoms with van der Waals surface area (Å²) in [4.78, 5) is 0.625. The van der Waals surface area contributed by atoms with Gasteiger partial charge in [-0.25, -0.2) is 12.8 Å². The van der Waals surface area contributed by atoms with Crippen molar-refractivity contribution < 1.29 is 17.0 Å². The molecule has 1 unspecified atom stereocenters. The van der Waals surface area contributed by atoms with Crippen LogP contribution in [0.5, 0.6) is 0 Å². The highest BCUT2D eigenvalue weighted by molar-refractivity contribution is 7.90. The quantitative estimate of drug-likeness (QED) is 0.873. The maximum absolute atomic E-state index is 13.2. The summed E-state index contributed by atoms with van der Waals surface area (Å²) in [6.07, 6.45) is 1.10. The second-order valence-corrected chi connectivity index (χ2v) is 8.04. The van der Waals surface area contributed by atoms with Gasteiger partial charge in [0.1, 0.15) is 5.82 Å². The molecule has 21 heavy (non-hydrogen) atoms. The third kappa shape index (κ3) is 3.89. The van der Waals surface area contributed by atoms with E-state index < -0.39 is 26.5 Å². The van der Waals surface area contributed by atoms with E-state index in [-0.39, 0.29) is 10.6 Å². The number of sulfone groups is 1. The minimum atomic E-state index is -3.29. The maximum Gasteiger partial charge on any atom is 0.175 e. The van der Waals surface area contributed by atoms with E-state index in [4.69, 9.17) is 5.73 Å². The van der Waals surface area contributed by atoms with Crippen LogP contribution >= 0.6 is 0 Å². The smallest absolute Gasteiger partial charge is 0.175 e. The highest BCUT2D eigenvalue weighted by atomic mass is 32.2. The molecule has 0 radical (unpaired) electrons. The van der Waals surface area contributed by atoms with Gasteiger partial charge < -0.3 is 5.73 Å². The van der Waals surface area contributed by atoms with Crippen LogP contribution in [-0.2, 0) is 26.4 Å². The average Bonchev–Trinajstić information content (AvgIpc) is 2.42. The van der Waals surface area contributed by atoms with E-state index in [1.165, 1.54) is 42.5 Å². The second kappa shape index (κ2) is 5.95. The zero-order valence-corrected chi connectivity index (χ0v) is 12.9. The van der Waals surface area contributed by atoms with Crippen LogP contribution in [0.15, 0.2) is 52.3 Å². The van der Waals surface area contributed by atoms with E-state index in [2.05, 4.69) is 0 Å². The molecule has 112 valence electrons. The third-order valence-corrected chi connectivity index (χ3v) is 5.41. The van der Waals surface area contributed by atoms with E-state index in [0.717, 1.165) is 6.26 Å². The molecule has 0 amide bonds. The van der Waals surface area contributed by atoms with Crippen molar-refractivity contribution in [2.75, 3.05) is 12.0 Å². The normalized spacial score (nSPS) is 13.0. The largest absolute Gasteiger partial charge is 0.398 e. The van der Waals surface area contributed by atoms with Crippen molar-refractivity contribution in [1.29, 1.82) is 0 Å². The molecule has 0 heterocycles. The van der Waals surface area contributed by atoms with Gasteiger partial charge in [-0.05, 0) is 48.0 Å². The Kier molecular flexibility index (Phi) is 4.43. The van der Waals surface area contributed by atoms with Gasteiger partial charge in [-0.15, -0.1) is 0 Å². The molecular formula is C14H14FNO3S2. The van der Waals surface area contributed by atoms with Gasteiger partial charge in [-0.3, -0.25) is 4.21 Å². The topological polar surface area (TPSA) is 77.2 Å². The van der Waals surface area contributed by atoms with E-state index >= 15 is 0 Å². The van der Waals surface area contributed by atoms with Crippen LogP contribution in [0.1, 0.15) is 5.56 Å². The summed E-state index contributed by atoms with van der Waals surface area (Å²) in [5.41, 5.74) is 6.55. The van der Waals surface area contributed by atoms with Crippen molar-refractivity contribution >= 4 is 26.3 Å². The first kappa shape index (κ1) is 15.7. The predicted molar refractivity (Wildman–Crippen MR) is 80.5 cm³/mol. The molecule has 0 aromatic heterocycles. The van der Waals surface area contributed by atoms with Crippen molar-refractivity contribution in [2.24, 2.45) is 0 Å². The first-order chi connectivity index (χ1) is 9.77. The lowest BCUT2D eigenvalue weighted by Crippen LogP contribution is -2.02. The summed E-state index contributed by atoms with van der Waals surface area (Å²) in [6.45, 7) is 0. The second-order valence-electron chi connectivity index (χ2n) is 4.58. The molecule has 4 nitrogen and oxygen atoms in total. The fourth-order valence-electron chi connectivity index (χ4n) is 1.76. The van der Waals surface area contributed by atoms with E-state index in [9.17, 15) is 17.0 Å². The fraction of sp³-hybridized carbons (Fsp3) is 0.143. The lowest BCUT2D eigenvalue weighted by atomic mass is 10.2. The van der Waals surface area contributed by atoms with Gasteiger partial charge in [0, 0.05) is 16.8 Å².